The van der Waals surface area contributed by atoms with Crippen molar-refractivity contribution < 1.29 is 24.5 Å². The summed E-state index contributed by atoms with van der Waals surface area (Å²) in [7, 11) is 0. The zero-order chi connectivity index (χ0) is 7.28. The molecule has 0 fully saturated rings. The minimum atomic E-state index is -1.17. The molecule has 6 heteroatoms. The quantitative estimate of drug-likeness (QED) is 0.450. The summed E-state index contributed by atoms with van der Waals surface area (Å²) in [6, 6.07) is 0. The summed E-state index contributed by atoms with van der Waals surface area (Å²) >= 11 is 0. The van der Waals surface area contributed by atoms with Gasteiger partial charge >= 0.3 is 11.9 Å². The molecule has 0 amide bonds. The molecule has 0 saturated heterocycles. The molecule has 0 unspecified atom stereocenters. The molecule has 0 atom stereocenters. The highest BCUT2D eigenvalue weighted by atomic mass is 16.5. The van der Waals surface area contributed by atoms with Crippen LogP contribution < -0.4 is 0 Å². The van der Waals surface area contributed by atoms with E-state index in [1.54, 1.807) is 0 Å². The van der Waals surface area contributed by atoms with Crippen LogP contribution in [0.5, 0.6) is 0 Å². The molecule has 0 aromatic carbocycles. The number of hydrogen-bond acceptors (Lipinski definition) is 3. The molecule has 58 valence electrons. The van der Waals surface area contributed by atoms with Gasteiger partial charge in [-0.2, -0.15) is 0 Å². The Hall–Kier alpha value is -1.04. The second kappa shape index (κ2) is 6.09. The standard InChI is InChI=1S/C4H6O5.BH3/c5-3(6)1-9-2-4(7)8;/h1-2H2,(H,5,6)(H,7,8);1H3. The molecular formula is C4H9BO5. The molecule has 0 heterocycles. The minimum Gasteiger partial charge on any atom is -0.480 e. The van der Waals surface area contributed by atoms with Gasteiger partial charge < -0.3 is 14.9 Å². The zero-order valence-electron chi connectivity index (χ0n) is 4.53. The molecule has 0 aliphatic heterocycles. The molecule has 10 heavy (non-hydrogen) atoms. The van der Waals surface area contributed by atoms with Gasteiger partial charge in [0.2, 0.25) is 0 Å². The Morgan fingerprint density at radius 3 is 1.60 bits per heavy atom. The maximum Gasteiger partial charge on any atom is 0.329 e. The van der Waals surface area contributed by atoms with E-state index in [0.29, 0.717) is 0 Å². The average Bonchev–Trinajstić information content (AvgIpc) is 1.63. The number of hydrogen-bond donors (Lipinski definition) is 2. The highest BCUT2D eigenvalue weighted by Crippen LogP contribution is 1.73. The first-order valence-electron chi connectivity index (χ1n) is 2.14. The highest BCUT2D eigenvalue weighted by molar-refractivity contribution is 5.75. The Morgan fingerprint density at radius 2 is 1.40 bits per heavy atom. The molecule has 0 aromatic rings. The van der Waals surface area contributed by atoms with E-state index in [1.807, 2.05) is 0 Å². The Bertz CT molecular complexity index is 109. The van der Waals surface area contributed by atoms with Crippen molar-refractivity contribution >= 4 is 20.4 Å². The van der Waals surface area contributed by atoms with Gasteiger partial charge in [-0.3, -0.25) is 0 Å². The van der Waals surface area contributed by atoms with Crippen molar-refractivity contribution in [2.24, 2.45) is 0 Å². The number of carbonyl (C=O) groups is 2. The van der Waals surface area contributed by atoms with E-state index in [2.05, 4.69) is 4.74 Å². The Kier molecular flexibility index (Phi) is 7.14. The Labute approximate surface area is 59.2 Å². The number of aliphatic carboxylic acids is 2. The third kappa shape index (κ3) is 10.1. The van der Waals surface area contributed by atoms with Crippen LogP contribution in [-0.2, 0) is 14.3 Å². The zero-order valence-corrected chi connectivity index (χ0v) is 4.53. The summed E-state index contributed by atoms with van der Waals surface area (Å²) in [4.78, 5) is 19.3. The molecule has 0 rings (SSSR count). The lowest BCUT2D eigenvalue weighted by molar-refractivity contribution is -0.148. The van der Waals surface area contributed by atoms with E-state index in [9.17, 15) is 9.59 Å². The second-order valence-corrected chi connectivity index (χ2v) is 1.28. The van der Waals surface area contributed by atoms with Crippen LogP contribution in [0.3, 0.4) is 0 Å². The first kappa shape index (κ1) is 11.7. The third-order valence-electron chi connectivity index (χ3n) is 0.451. The summed E-state index contributed by atoms with van der Waals surface area (Å²) in [5.74, 6) is -2.34. The fourth-order valence-electron chi connectivity index (χ4n) is 0.226. The monoisotopic (exact) mass is 148 g/mol. The molecule has 2 N–H and O–H groups in total. The Morgan fingerprint density at radius 1 is 1.10 bits per heavy atom. The van der Waals surface area contributed by atoms with Gasteiger partial charge in [-0.15, -0.1) is 0 Å². The van der Waals surface area contributed by atoms with Crippen LogP contribution in [0.2, 0.25) is 0 Å². The lowest BCUT2D eigenvalue weighted by atomic mass is 10.7. The predicted molar refractivity (Wildman–Crippen MR) is 36.0 cm³/mol. The van der Waals surface area contributed by atoms with Crippen molar-refractivity contribution in [2.75, 3.05) is 13.2 Å². The van der Waals surface area contributed by atoms with Crippen LogP contribution in [0.25, 0.3) is 0 Å². The molecule has 5 nitrogen and oxygen atoms in total. The average molecular weight is 148 g/mol. The minimum absolute atomic E-state index is 0. The molecule has 0 aliphatic carbocycles. The molecule has 0 bridgehead atoms. The normalized spacial score (nSPS) is 8.00. The van der Waals surface area contributed by atoms with Gasteiger partial charge in [-0.25, -0.2) is 9.59 Å². The van der Waals surface area contributed by atoms with E-state index < -0.39 is 25.2 Å². The van der Waals surface area contributed by atoms with Gasteiger partial charge in [-0.1, -0.05) is 0 Å². The lowest BCUT2D eigenvalue weighted by Gasteiger charge is -1.92. The maximum atomic E-state index is 9.66. The number of rotatable bonds is 4. The molecule has 0 spiro atoms. The summed E-state index contributed by atoms with van der Waals surface area (Å²) in [5.41, 5.74) is 0. The summed E-state index contributed by atoms with van der Waals surface area (Å²) < 4.78 is 4.16. The van der Waals surface area contributed by atoms with E-state index in [4.69, 9.17) is 10.2 Å². The van der Waals surface area contributed by atoms with Gasteiger partial charge in [0.05, 0.1) is 8.41 Å². The van der Waals surface area contributed by atoms with Crippen LogP contribution in [0.1, 0.15) is 0 Å². The molecule has 0 aromatic heterocycles. The van der Waals surface area contributed by atoms with Gasteiger partial charge in [0.15, 0.2) is 0 Å². The summed E-state index contributed by atoms with van der Waals surface area (Å²) in [6.07, 6.45) is 0. The van der Waals surface area contributed by atoms with E-state index in [-0.39, 0.29) is 8.41 Å². The summed E-state index contributed by atoms with van der Waals surface area (Å²) in [5, 5.41) is 15.8. The van der Waals surface area contributed by atoms with Gasteiger partial charge in [0, 0.05) is 0 Å². The number of carboxylic acids is 2. The van der Waals surface area contributed by atoms with Crippen molar-refractivity contribution in [1.82, 2.24) is 0 Å². The van der Waals surface area contributed by atoms with Crippen molar-refractivity contribution in [1.29, 1.82) is 0 Å². The van der Waals surface area contributed by atoms with Crippen LogP contribution in [-0.4, -0.2) is 43.8 Å². The SMILES string of the molecule is B.O=C(O)COCC(=O)O. The highest BCUT2D eigenvalue weighted by Gasteiger charge is 1.98. The van der Waals surface area contributed by atoms with Gasteiger partial charge in [-0.05, 0) is 0 Å². The molecule has 0 saturated carbocycles. The third-order valence-corrected chi connectivity index (χ3v) is 0.451. The van der Waals surface area contributed by atoms with Gasteiger partial charge in [0.25, 0.3) is 0 Å². The topological polar surface area (TPSA) is 83.8 Å². The second-order valence-electron chi connectivity index (χ2n) is 1.28. The van der Waals surface area contributed by atoms with Gasteiger partial charge in [0.1, 0.15) is 13.2 Å². The van der Waals surface area contributed by atoms with Crippen LogP contribution in [0, 0.1) is 0 Å². The molecule has 0 radical (unpaired) electrons. The smallest absolute Gasteiger partial charge is 0.329 e. The first-order valence-corrected chi connectivity index (χ1v) is 2.14. The van der Waals surface area contributed by atoms with Crippen LogP contribution >= 0.6 is 0 Å². The van der Waals surface area contributed by atoms with Crippen molar-refractivity contribution in [3.8, 4) is 0 Å². The van der Waals surface area contributed by atoms with E-state index >= 15 is 0 Å². The molecule has 0 aliphatic rings. The fourth-order valence-corrected chi connectivity index (χ4v) is 0.226. The number of carboxylic acid groups (broad SMARTS) is 2. The first-order chi connectivity index (χ1) is 4.13. The van der Waals surface area contributed by atoms with Crippen LogP contribution in [0.4, 0.5) is 0 Å². The molecular weight excluding hydrogens is 139 g/mol. The predicted octanol–water partition coefficient (Wildman–Crippen LogP) is -2.01. The van der Waals surface area contributed by atoms with E-state index in [0.717, 1.165) is 0 Å². The van der Waals surface area contributed by atoms with Crippen molar-refractivity contribution in [3.63, 3.8) is 0 Å². The number of ether oxygens (including phenoxy) is 1. The van der Waals surface area contributed by atoms with Crippen molar-refractivity contribution in [3.05, 3.63) is 0 Å². The van der Waals surface area contributed by atoms with Crippen molar-refractivity contribution in [2.45, 2.75) is 0 Å². The lowest BCUT2D eigenvalue weighted by Crippen LogP contribution is -2.13. The van der Waals surface area contributed by atoms with Crippen LogP contribution in [0.15, 0.2) is 0 Å². The van der Waals surface area contributed by atoms with E-state index in [1.165, 1.54) is 0 Å². The maximum absolute atomic E-state index is 9.66. The fraction of sp³-hybridized carbons (Fsp3) is 0.500. The summed E-state index contributed by atoms with van der Waals surface area (Å²) in [6.45, 7) is -1.13. The Balaban J connectivity index is 0. The largest absolute Gasteiger partial charge is 0.480 e.